The summed E-state index contributed by atoms with van der Waals surface area (Å²) in [6.07, 6.45) is 5.27. The highest BCUT2D eigenvalue weighted by Crippen LogP contribution is 2.28. The number of amides is 1. The lowest BCUT2D eigenvalue weighted by atomic mass is 9.83. The second-order valence-electron chi connectivity index (χ2n) is 7.59. The summed E-state index contributed by atoms with van der Waals surface area (Å²) in [5, 5.41) is 20.4. The number of anilines is 2. The van der Waals surface area contributed by atoms with Crippen molar-refractivity contribution >= 4 is 40.3 Å². The molecular formula is C22H26N4O3S. The van der Waals surface area contributed by atoms with Crippen molar-refractivity contribution in [2.24, 2.45) is 5.92 Å². The third kappa shape index (κ3) is 5.76. The van der Waals surface area contributed by atoms with E-state index in [9.17, 15) is 14.9 Å². The zero-order valence-corrected chi connectivity index (χ0v) is 17.7. The third-order valence-electron chi connectivity index (χ3n) is 5.41. The van der Waals surface area contributed by atoms with Gasteiger partial charge in [-0.05, 0) is 55.6 Å². The first-order chi connectivity index (χ1) is 14.4. The van der Waals surface area contributed by atoms with E-state index in [1.807, 2.05) is 31.2 Å². The molecule has 2 aromatic carbocycles. The van der Waals surface area contributed by atoms with Crippen LogP contribution in [0.5, 0.6) is 0 Å². The average Bonchev–Trinajstić information content (AvgIpc) is 2.74. The number of thiocarbonyl (C=S) groups is 1. The lowest BCUT2D eigenvalue weighted by Crippen LogP contribution is -2.50. The summed E-state index contributed by atoms with van der Waals surface area (Å²) in [6.45, 7) is 1.95. The molecule has 0 radical (unpaired) electrons. The molecule has 0 aliphatic heterocycles. The summed E-state index contributed by atoms with van der Waals surface area (Å²) in [6, 6.07) is 13.3. The van der Waals surface area contributed by atoms with Gasteiger partial charge in [-0.2, -0.15) is 0 Å². The van der Waals surface area contributed by atoms with Gasteiger partial charge in [-0.3, -0.25) is 14.9 Å². The first kappa shape index (κ1) is 21.7. The zero-order chi connectivity index (χ0) is 21.5. The Morgan fingerprint density at radius 1 is 1.10 bits per heavy atom. The monoisotopic (exact) mass is 426 g/mol. The number of carbonyl (C=O) groups is 1. The van der Waals surface area contributed by atoms with E-state index in [1.165, 1.54) is 18.6 Å². The molecule has 158 valence electrons. The molecule has 2 aromatic rings. The van der Waals surface area contributed by atoms with Crippen LogP contribution in [0, 0.1) is 23.0 Å². The number of aryl methyl sites for hydroxylation is 1. The van der Waals surface area contributed by atoms with E-state index >= 15 is 0 Å². The summed E-state index contributed by atoms with van der Waals surface area (Å²) in [4.78, 5) is 23.7. The second-order valence-corrected chi connectivity index (χ2v) is 7.99. The SMILES string of the molecule is Cc1ccccc1NC(=O)C(NC(=S)Nc1cccc([N+](=O)[O-])c1)C1CCCCC1. The molecule has 0 aromatic heterocycles. The number of nitro benzene ring substituents is 1. The van der Waals surface area contributed by atoms with Gasteiger partial charge in [0.15, 0.2) is 5.11 Å². The summed E-state index contributed by atoms with van der Waals surface area (Å²) in [7, 11) is 0. The summed E-state index contributed by atoms with van der Waals surface area (Å²) < 4.78 is 0. The summed E-state index contributed by atoms with van der Waals surface area (Å²) in [5.41, 5.74) is 2.25. The van der Waals surface area contributed by atoms with E-state index in [2.05, 4.69) is 16.0 Å². The second kappa shape index (κ2) is 10.2. The number of nitrogens with one attached hydrogen (secondary N) is 3. The van der Waals surface area contributed by atoms with Crippen LogP contribution in [0.15, 0.2) is 48.5 Å². The van der Waals surface area contributed by atoms with Gasteiger partial charge in [0, 0.05) is 23.5 Å². The number of para-hydroxylation sites is 1. The molecule has 0 saturated heterocycles. The highest BCUT2D eigenvalue weighted by atomic mass is 32.1. The molecule has 3 N–H and O–H groups in total. The van der Waals surface area contributed by atoms with Crippen molar-refractivity contribution in [3.8, 4) is 0 Å². The standard InChI is InChI=1S/C22H26N4O3S/c1-15-8-5-6-13-19(15)24-21(27)20(16-9-3-2-4-10-16)25-22(30)23-17-11-7-12-18(14-17)26(28)29/h5-8,11-14,16,20H,2-4,9-10H2,1H3,(H,24,27)(H2,23,25,30). The maximum Gasteiger partial charge on any atom is 0.271 e. The van der Waals surface area contributed by atoms with E-state index in [4.69, 9.17) is 12.2 Å². The highest BCUT2D eigenvalue weighted by molar-refractivity contribution is 7.80. The molecule has 1 aliphatic rings. The predicted molar refractivity (Wildman–Crippen MR) is 123 cm³/mol. The Hall–Kier alpha value is -3.00. The third-order valence-corrected chi connectivity index (χ3v) is 5.63. The number of rotatable bonds is 6. The van der Waals surface area contributed by atoms with Crippen LogP contribution in [0.25, 0.3) is 0 Å². The number of nitro groups is 1. The smallest absolute Gasteiger partial charge is 0.271 e. The van der Waals surface area contributed by atoms with Crippen molar-refractivity contribution in [3.63, 3.8) is 0 Å². The Balaban J connectivity index is 1.72. The fourth-order valence-corrected chi connectivity index (χ4v) is 4.04. The first-order valence-corrected chi connectivity index (χ1v) is 10.5. The molecule has 0 bridgehead atoms. The summed E-state index contributed by atoms with van der Waals surface area (Å²) in [5.74, 6) is 0.0482. The number of nitrogens with zero attached hydrogens (tertiary/aromatic N) is 1. The molecule has 0 spiro atoms. The fourth-order valence-electron chi connectivity index (χ4n) is 3.79. The van der Waals surface area contributed by atoms with Crippen molar-refractivity contribution in [3.05, 3.63) is 64.2 Å². The Morgan fingerprint density at radius 3 is 2.53 bits per heavy atom. The van der Waals surface area contributed by atoms with Crippen LogP contribution in [0.3, 0.4) is 0 Å². The van der Waals surface area contributed by atoms with Crippen LogP contribution in [-0.2, 0) is 4.79 Å². The van der Waals surface area contributed by atoms with Gasteiger partial charge in [0.2, 0.25) is 5.91 Å². The van der Waals surface area contributed by atoms with Gasteiger partial charge in [-0.15, -0.1) is 0 Å². The molecule has 1 atom stereocenters. The largest absolute Gasteiger partial charge is 0.350 e. The minimum Gasteiger partial charge on any atom is -0.350 e. The zero-order valence-electron chi connectivity index (χ0n) is 16.9. The van der Waals surface area contributed by atoms with E-state index in [1.54, 1.807) is 12.1 Å². The van der Waals surface area contributed by atoms with Gasteiger partial charge in [0.25, 0.3) is 5.69 Å². The van der Waals surface area contributed by atoms with Crippen LogP contribution >= 0.6 is 12.2 Å². The fraction of sp³-hybridized carbons (Fsp3) is 0.364. The van der Waals surface area contributed by atoms with Crippen molar-refractivity contribution in [2.75, 3.05) is 10.6 Å². The van der Waals surface area contributed by atoms with Crippen LogP contribution in [0.1, 0.15) is 37.7 Å². The molecule has 0 heterocycles. The number of benzene rings is 2. The average molecular weight is 427 g/mol. The van der Waals surface area contributed by atoms with Crippen LogP contribution in [0.4, 0.5) is 17.1 Å². The molecule has 1 saturated carbocycles. The molecule has 1 amide bonds. The van der Waals surface area contributed by atoms with Gasteiger partial charge in [0.05, 0.1) is 4.92 Å². The highest BCUT2D eigenvalue weighted by Gasteiger charge is 2.30. The molecular weight excluding hydrogens is 400 g/mol. The van der Waals surface area contributed by atoms with Crippen LogP contribution in [-0.4, -0.2) is 22.0 Å². The number of carbonyl (C=O) groups excluding carboxylic acids is 1. The number of non-ortho nitro benzene ring substituents is 1. The summed E-state index contributed by atoms with van der Waals surface area (Å²) >= 11 is 5.43. The topological polar surface area (TPSA) is 96.3 Å². The Morgan fingerprint density at radius 2 is 1.83 bits per heavy atom. The molecule has 3 rings (SSSR count). The molecule has 1 aliphatic carbocycles. The van der Waals surface area contributed by atoms with Gasteiger partial charge < -0.3 is 16.0 Å². The maximum atomic E-state index is 13.1. The predicted octanol–water partition coefficient (Wildman–Crippen LogP) is 4.78. The van der Waals surface area contributed by atoms with Gasteiger partial charge >= 0.3 is 0 Å². The van der Waals surface area contributed by atoms with Crippen LogP contribution in [0.2, 0.25) is 0 Å². The first-order valence-electron chi connectivity index (χ1n) is 10.1. The Bertz CT molecular complexity index is 928. The molecule has 30 heavy (non-hydrogen) atoms. The Kier molecular flexibility index (Phi) is 7.35. The van der Waals surface area contributed by atoms with E-state index in [0.29, 0.717) is 5.69 Å². The molecule has 8 heteroatoms. The molecule has 1 unspecified atom stereocenters. The van der Waals surface area contributed by atoms with Crippen molar-refractivity contribution in [2.45, 2.75) is 45.1 Å². The number of hydrogen-bond donors (Lipinski definition) is 3. The Labute approximate surface area is 181 Å². The van der Waals surface area contributed by atoms with Crippen LogP contribution < -0.4 is 16.0 Å². The normalized spacial score (nSPS) is 15.1. The minimum atomic E-state index is -0.483. The van der Waals surface area contributed by atoms with Crippen molar-refractivity contribution in [1.82, 2.24) is 5.32 Å². The minimum absolute atomic E-state index is 0.0241. The quantitative estimate of drug-likeness (QED) is 0.350. The lowest BCUT2D eigenvalue weighted by molar-refractivity contribution is -0.384. The lowest BCUT2D eigenvalue weighted by Gasteiger charge is -2.31. The van der Waals surface area contributed by atoms with E-state index in [-0.39, 0.29) is 22.6 Å². The number of hydrogen-bond acceptors (Lipinski definition) is 4. The van der Waals surface area contributed by atoms with E-state index in [0.717, 1.165) is 36.9 Å². The molecule has 1 fully saturated rings. The van der Waals surface area contributed by atoms with Gasteiger partial charge in [0.1, 0.15) is 6.04 Å². The van der Waals surface area contributed by atoms with E-state index < -0.39 is 11.0 Å². The van der Waals surface area contributed by atoms with Crippen molar-refractivity contribution < 1.29 is 9.72 Å². The van der Waals surface area contributed by atoms with Gasteiger partial charge in [-0.1, -0.05) is 43.5 Å². The van der Waals surface area contributed by atoms with Crippen molar-refractivity contribution in [1.29, 1.82) is 0 Å². The van der Waals surface area contributed by atoms with Gasteiger partial charge in [-0.25, -0.2) is 0 Å². The maximum absolute atomic E-state index is 13.1. The molecule has 7 nitrogen and oxygen atoms in total.